The molecule has 2 heterocycles. The molecule has 1 saturated heterocycles. The molecule has 1 N–H and O–H groups in total. The molecule has 1 amide bonds. The summed E-state index contributed by atoms with van der Waals surface area (Å²) in [5.74, 6) is 0.141. The van der Waals surface area contributed by atoms with Crippen molar-refractivity contribution in [1.29, 1.82) is 0 Å². The number of carbonyl (C=O) groups is 1. The van der Waals surface area contributed by atoms with Crippen molar-refractivity contribution in [3.8, 4) is 0 Å². The highest BCUT2D eigenvalue weighted by Crippen LogP contribution is 2.24. The van der Waals surface area contributed by atoms with Crippen molar-refractivity contribution in [2.45, 2.75) is 32.1 Å². The minimum Gasteiger partial charge on any atom is -0.369 e. The highest BCUT2D eigenvalue weighted by atomic mass is 16.1. The highest BCUT2D eigenvalue weighted by molar-refractivity contribution is 5.93. The smallest absolute Gasteiger partial charge is 0.224 e. The number of benzene rings is 2. The number of unbranched alkanes of at least 4 members (excludes halogenated alkanes) is 1. The maximum absolute atomic E-state index is 11.5. The Morgan fingerprint density at radius 3 is 2.52 bits per heavy atom. The topological polar surface area (TPSA) is 35.6 Å². The van der Waals surface area contributed by atoms with Gasteiger partial charge in [0.1, 0.15) is 0 Å². The van der Waals surface area contributed by atoms with Crippen LogP contribution in [0, 0.1) is 0 Å². The van der Waals surface area contributed by atoms with Gasteiger partial charge < -0.3 is 10.2 Å². The summed E-state index contributed by atoms with van der Waals surface area (Å²) in [6.07, 6.45) is 5.10. The summed E-state index contributed by atoms with van der Waals surface area (Å²) < 4.78 is 0. The highest BCUT2D eigenvalue weighted by Gasteiger charge is 2.17. The first-order valence-electron chi connectivity index (χ1n) is 10.2. The molecule has 1 fully saturated rings. The molecule has 0 unspecified atom stereocenters. The molecule has 0 saturated carbocycles. The molecule has 0 atom stereocenters. The first-order chi connectivity index (χ1) is 13.3. The summed E-state index contributed by atoms with van der Waals surface area (Å²) in [6, 6.07) is 17.3. The number of nitrogens with one attached hydrogen (secondary N) is 1. The van der Waals surface area contributed by atoms with E-state index in [2.05, 4.69) is 63.6 Å². The van der Waals surface area contributed by atoms with Gasteiger partial charge in [-0.05, 0) is 61.6 Å². The van der Waals surface area contributed by atoms with Crippen LogP contribution in [0.25, 0.3) is 0 Å². The van der Waals surface area contributed by atoms with Crippen LogP contribution in [0.5, 0.6) is 0 Å². The van der Waals surface area contributed by atoms with Crippen molar-refractivity contribution in [3.63, 3.8) is 0 Å². The second kappa shape index (κ2) is 8.57. The molecule has 0 aliphatic carbocycles. The van der Waals surface area contributed by atoms with E-state index in [1.54, 1.807) is 0 Å². The van der Waals surface area contributed by atoms with Gasteiger partial charge in [-0.1, -0.05) is 30.3 Å². The van der Waals surface area contributed by atoms with Crippen LogP contribution >= 0.6 is 0 Å². The van der Waals surface area contributed by atoms with E-state index < -0.39 is 0 Å². The summed E-state index contributed by atoms with van der Waals surface area (Å²) in [4.78, 5) is 16.5. The Morgan fingerprint density at radius 1 is 0.889 bits per heavy atom. The molecule has 2 aliphatic heterocycles. The van der Waals surface area contributed by atoms with E-state index in [1.807, 2.05) is 0 Å². The van der Waals surface area contributed by atoms with E-state index in [0.29, 0.717) is 6.42 Å². The van der Waals surface area contributed by atoms with Crippen LogP contribution in [-0.2, 0) is 17.6 Å². The molecule has 2 aromatic carbocycles. The van der Waals surface area contributed by atoms with Crippen molar-refractivity contribution in [3.05, 3.63) is 59.7 Å². The predicted octanol–water partition coefficient (Wildman–Crippen LogP) is 3.72. The van der Waals surface area contributed by atoms with Crippen molar-refractivity contribution in [2.75, 3.05) is 42.9 Å². The summed E-state index contributed by atoms with van der Waals surface area (Å²) in [7, 11) is 0. The average molecular weight is 364 g/mol. The van der Waals surface area contributed by atoms with E-state index in [-0.39, 0.29) is 5.91 Å². The number of anilines is 2. The van der Waals surface area contributed by atoms with Crippen LogP contribution in [0.1, 0.15) is 30.4 Å². The van der Waals surface area contributed by atoms with Crippen molar-refractivity contribution in [1.82, 2.24) is 4.90 Å². The minimum atomic E-state index is 0.141. The molecule has 4 heteroatoms. The largest absolute Gasteiger partial charge is 0.369 e. The molecule has 2 aromatic rings. The van der Waals surface area contributed by atoms with Gasteiger partial charge in [0.05, 0.1) is 0 Å². The van der Waals surface area contributed by atoms with Crippen molar-refractivity contribution >= 4 is 17.3 Å². The summed E-state index contributed by atoms with van der Waals surface area (Å²) >= 11 is 0. The molecule has 0 spiro atoms. The molecule has 0 aromatic heterocycles. The lowest BCUT2D eigenvalue weighted by Crippen LogP contribution is -2.46. The number of hydrogen-bond donors (Lipinski definition) is 1. The average Bonchev–Trinajstić information content (AvgIpc) is 2.72. The van der Waals surface area contributed by atoms with Crippen LogP contribution in [0.2, 0.25) is 0 Å². The maximum atomic E-state index is 11.5. The number of aryl methyl sites for hydroxylation is 2. The maximum Gasteiger partial charge on any atom is 0.224 e. The van der Waals surface area contributed by atoms with Crippen LogP contribution in [0.15, 0.2) is 48.5 Å². The quantitative estimate of drug-likeness (QED) is 0.795. The van der Waals surface area contributed by atoms with Crippen molar-refractivity contribution in [2.24, 2.45) is 0 Å². The Balaban J connectivity index is 1.17. The fourth-order valence-electron chi connectivity index (χ4n) is 4.13. The minimum absolute atomic E-state index is 0.141. The zero-order valence-corrected chi connectivity index (χ0v) is 16.0. The summed E-state index contributed by atoms with van der Waals surface area (Å²) in [5.41, 5.74) is 5.05. The lowest BCUT2D eigenvalue weighted by molar-refractivity contribution is -0.116. The first kappa shape index (κ1) is 18.1. The Kier molecular flexibility index (Phi) is 5.73. The number of piperazine rings is 1. The zero-order chi connectivity index (χ0) is 18.5. The Hall–Kier alpha value is -2.33. The molecule has 0 radical (unpaired) electrons. The number of amides is 1. The lowest BCUT2D eigenvalue weighted by atomic mass is 9.98. The SMILES string of the molecule is O=C1CCc2cc(CCCCN3CCN(c4ccccc4)CC3)ccc2N1. The number of rotatable bonds is 6. The van der Waals surface area contributed by atoms with E-state index in [1.165, 1.54) is 36.2 Å². The fraction of sp³-hybridized carbons (Fsp3) is 0.435. The lowest BCUT2D eigenvalue weighted by Gasteiger charge is -2.36. The third kappa shape index (κ3) is 4.69. The van der Waals surface area contributed by atoms with Gasteiger partial charge >= 0.3 is 0 Å². The second-order valence-electron chi connectivity index (χ2n) is 7.66. The molecule has 27 heavy (non-hydrogen) atoms. The zero-order valence-electron chi connectivity index (χ0n) is 16.0. The number of para-hydroxylation sites is 1. The van der Waals surface area contributed by atoms with Gasteiger partial charge in [0, 0.05) is 44.0 Å². The van der Waals surface area contributed by atoms with Gasteiger partial charge in [-0.15, -0.1) is 0 Å². The Labute approximate surface area is 162 Å². The number of hydrogen-bond acceptors (Lipinski definition) is 3. The van der Waals surface area contributed by atoms with E-state index >= 15 is 0 Å². The van der Waals surface area contributed by atoms with Crippen molar-refractivity contribution < 1.29 is 4.79 Å². The van der Waals surface area contributed by atoms with Crippen LogP contribution in [0.3, 0.4) is 0 Å². The number of nitrogens with zero attached hydrogens (tertiary/aromatic N) is 2. The Morgan fingerprint density at radius 2 is 1.70 bits per heavy atom. The molecule has 2 aliphatic rings. The first-order valence-corrected chi connectivity index (χ1v) is 10.2. The summed E-state index contributed by atoms with van der Waals surface area (Å²) in [6.45, 7) is 5.77. The van der Waals surface area contributed by atoms with E-state index in [9.17, 15) is 4.79 Å². The van der Waals surface area contributed by atoms with E-state index in [4.69, 9.17) is 0 Å². The molecular formula is C23H29N3O. The predicted molar refractivity (Wildman–Crippen MR) is 111 cm³/mol. The van der Waals surface area contributed by atoms with Gasteiger partial charge in [0.15, 0.2) is 0 Å². The molecule has 4 rings (SSSR count). The van der Waals surface area contributed by atoms with Gasteiger partial charge in [0.2, 0.25) is 5.91 Å². The van der Waals surface area contributed by atoms with Crippen LogP contribution in [0.4, 0.5) is 11.4 Å². The second-order valence-corrected chi connectivity index (χ2v) is 7.66. The van der Waals surface area contributed by atoms with Gasteiger partial charge in [-0.2, -0.15) is 0 Å². The van der Waals surface area contributed by atoms with Crippen LogP contribution < -0.4 is 10.2 Å². The van der Waals surface area contributed by atoms with Gasteiger partial charge in [-0.25, -0.2) is 0 Å². The molecule has 0 bridgehead atoms. The monoisotopic (exact) mass is 363 g/mol. The molecular weight excluding hydrogens is 334 g/mol. The normalized spacial score (nSPS) is 17.5. The van der Waals surface area contributed by atoms with Gasteiger partial charge in [-0.3, -0.25) is 9.69 Å². The van der Waals surface area contributed by atoms with Gasteiger partial charge in [0.25, 0.3) is 0 Å². The molecule has 4 nitrogen and oxygen atoms in total. The number of carbonyl (C=O) groups excluding carboxylic acids is 1. The molecule has 142 valence electrons. The Bertz CT molecular complexity index is 766. The third-order valence-electron chi connectivity index (χ3n) is 5.75. The van der Waals surface area contributed by atoms with E-state index in [0.717, 1.165) is 44.7 Å². The fourth-order valence-corrected chi connectivity index (χ4v) is 4.13. The van der Waals surface area contributed by atoms with Crippen LogP contribution in [-0.4, -0.2) is 43.5 Å². The third-order valence-corrected chi connectivity index (χ3v) is 5.75. The number of fused-ring (bicyclic) bond motifs is 1. The standard InChI is InChI=1S/C23H29N3O/c27-23-12-10-20-18-19(9-11-22(20)24-23)6-4-5-13-25-14-16-26(17-15-25)21-7-2-1-3-8-21/h1-3,7-9,11,18H,4-6,10,12-17H2,(H,24,27). The summed E-state index contributed by atoms with van der Waals surface area (Å²) in [5, 5.41) is 2.96.